The first kappa shape index (κ1) is 18.8. The van der Waals surface area contributed by atoms with Crippen molar-refractivity contribution in [2.24, 2.45) is 11.8 Å². The number of anilines is 1. The highest BCUT2D eigenvalue weighted by atomic mass is 19.4. The minimum absolute atomic E-state index is 0.309. The topological polar surface area (TPSA) is 92.5 Å². The molecule has 2 bridgehead atoms. The number of nitriles is 1. The number of nitrogens with zero attached hydrogens (tertiary/aromatic N) is 3. The van der Waals surface area contributed by atoms with Gasteiger partial charge < -0.3 is 9.47 Å². The van der Waals surface area contributed by atoms with E-state index in [9.17, 15) is 22.8 Å². The third kappa shape index (κ3) is 2.20. The summed E-state index contributed by atoms with van der Waals surface area (Å²) in [5.41, 5.74) is -4.43. The van der Waals surface area contributed by atoms with E-state index in [1.54, 1.807) is 13.8 Å². The molecule has 0 N–H and O–H groups in total. The summed E-state index contributed by atoms with van der Waals surface area (Å²) in [5.74, 6) is -2.96. The van der Waals surface area contributed by atoms with Crippen LogP contribution < -0.4 is 4.90 Å². The summed E-state index contributed by atoms with van der Waals surface area (Å²) in [6.07, 6.45) is -3.93. The Morgan fingerprint density at radius 3 is 2.54 bits per heavy atom. The Morgan fingerprint density at radius 2 is 1.96 bits per heavy atom. The van der Waals surface area contributed by atoms with Crippen LogP contribution in [0.3, 0.4) is 0 Å². The van der Waals surface area contributed by atoms with Crippen molar-refractivity contribution in [1.29, 1.82) is 5.26 Å². The molecule has 3 aliphatic rings. The Kier molecular flexibility index (Phi) is 3.71. The van der Waals surface area contributed by atoms with Gasteiger partial charge in [0.05, 0.1) is 41.0 Å². The molecule has 1 aromatic rings. The van der Waals surface area contributed by atoms with Crippen molar-refractivity contribution in [3.05, 3.63) is 23.5 Å². The molecule has 4 rings (SSSR count). The third-order valence-corrected chi connectivity index (χ3v) is 6.09. The quantitative estimate of drug-likeness (QED) is 0.712. The van der Waals surface area contributed by atoms with Gasteiger partial charge in [-0.15, -0.1) is 0 Å². The van der Waals surface area contributed by atoms with Crippen LogP contribution in [0, 0.1) is 23.2 Å². The van der Waals surface area contributed by atoms with Gasteiger partial charge in [-0.05, 0) is 19.9 Å². The van der Waals surface area contributed by atoms with E-state index >= 15 is 0 Å². The monoisotopic (exact) mass is 395 g/mol. The van der Waals surface area contributed by atoms with E-state index in [0.717, 1.165) is 11.1 Å². The van der Waals surface area contributed by atoms with E-state index in [1.165, 1.54) is 13.2 Å². The lowest BCUT2D eigenvalue weighted by Crippen LogP contribution is -2.49. The maximum Gasteiger partial charge on any atom is 0.419 e. The Balaban J connectivity index is 1.80. The number of pyridine rings is 1. The molecule has 0 saturated carbocycles. The Bertz CT molecular complexity index is 943. The highest BCUT2D eigenvalue weighted by Crippen LogP contribution is 2.61. The first-order chi connectivity index (χ1) is 13.0. The van der Waals surface area contributed by atoms with Crippen LogP contribution >= 0.6 is 0 Å². The number of hydrogen-bond donors (Lipinski definition) is 0. The molecule has 0 unspecified atom stereocenters. The standard InChI is InChI=1S/C18H16F3N3O4/c1-16-5-11(27-3)17(2,28-16)13-12(16)14(25)24(15(13)26)8-4-9(18(19,20)21)10(6-22)23-7-8/h4,7,11-13H,5H2,1-3H3/t11-,12-,13+,16-,17+/m0/s1. The highest BCUT2D eigenvalue weighted by molar-refractivity contribution is 6.23. The largest absolute Gasteiger partial charge is 0.419 e. The molecule has 7 nitrogen and oxygen atoms in total. The van der Waals surface area contributed by atoms with Crippen molar-refractivity contribution in [3.63, 3.8) is 0 Å². The fourth-order valence-electron chi connectivity index (χ4n) is 4.95. The Labute approximate surface area is 158 Å². The molecule has 2 amide bonds. The van der Waals surface area contributed by atoms with Crippen LogP contribution in [-0.4, -0.2) is 41.2 Å². The lowest BCUT2D eigenvalue weighted by molar-refractivity contribution is -0.138. The molecule has 3 fully saturated rings. The van der Waals surface area contributed by atoms with Gasteiger partial charge in [-0.1, -0.05) is 0 Å². The lowest BCUT2D eigenvalue weighted by Gasteiger charge is -2.34. The second-order valence-electron chi connectivity index (χ2n) is 7.69. The fraction of sp³-hybridized carbons (Fsp3) is 0.556. The average molecular weight is 395 g/mol. The van der Waals surface area contributed by atoms with E-state index in [0.29, 0.717) is 12.5 Å². The molecule has 4 heterocycles. The van der Waals surface area contributed by atoms with Crippen LogP contribution in [0.5, 0.6) is 0 Å². The minimum atomic E-state index is -4.85. The van der Waals surface area contributed by atoms with E-state index in [4.69, 9.17) is 14.7 Å². The highest BCUT2D eigenvalue weighted by Gasteiger charge is 2.76. The van der Waals surface area contributed by atoms with Crippen LogP contribution in [-0.2, 0) is 25.2 Å². The summed E-state index contributed by atoms with van der Waals surface area (Å²) in [6, 6.07) is 1.99. The number of fused-ring (bicyclic) bond motifs is 5. The van der Waals surface area contributed by atoms with Crippen molar-refractivity contribution in [2.45, 2.75) is 43.8 Å². The van der Waals surface area contributed by atoms with Gasteiger partial charge in [0.1, 0.15) is 11.7 Å². The molecule has 0 aliphatic carbocycles. The molecule has 0 aromatic carbocycles. The normalized spacial score (nSPS) is 36.8. The van der Waals surface area contributed by atoms with Crippen molar-refractivity contribution in [2.75, 3.05) is 12.0 Å². The zero-order chi connectivity index (χ0) is 20.6. The van der Waals surface area contributed by atoms with Gasteiger partial charge in [0, 0.05) is 13.5 Å². The van der Waals surface area contributed by atoms with Gasteiger partial charge in [0.25, 0.3) is 0 Å². The van der Waals surface area contributed by atoms with Crippen molar-refractivity contribution < 1.29 is 32.2 Å². The van der Waals surface area contributed by atoms with Gasteiger partial charge in [0.15, 0.2) is 5.69 Å². The molecular weight excluding hydrogens is 379 g/mol. The SMILES string of the molecule is CO[C@H]1C[C@]2(C)O[C@@]1(C)[C@H]1C(=O)N(c3cnc(C#N)c(C(F)(F)F)c3)C(=O)[C@H]12. The number of methoxy groups -OCH3 is 1. The number of alkyl halides is 3. The summed E-state index contributed by atoms with van der Waals surface area (Å²) in [6.45, 7) is 3.39. The van der Waals surface area contributed by atoms with Gasteiger partial charge >= 0.3 is 6.18 Å². The number of imide groups is 1. The molecule has 0 radical (unpaired) electrons. The van der Waals surface area contributed by atoms with Crippen LogP contribution in [0.1, 0.15) is 31.5 Å². The Hall–Kier alpha value is -2.51. The second kappa shape index (κ2) is 5.52. The van der Waals surface area contributed by atoms with E-state index in [1.807, 2.05) is 0 Å². The number of amides is 2. The Morgan fingerprint density at radius 1 is 1.32 bits per heavy atom. The van der Waals surface area contributed by atoms with Crippen LogP contribution in [0.2, 0.25) is 0 Å². The number of halogens is 3. The van der Waals surface area contributed by atoms with Crippen LogP contribution in [0.25, 0.3) is 0 Å². The summed E-state index contributed by atoms with van der Waals surface area (Å²) in [4.78, 5) is 30.4. The smallest absolute Gasteiger partial charge is 0.378 e. The van der Waals surface area contributed by atoms with Crippen molar-refractivity contribution in [3.8, 4) is 6.07 Å². The van der Waals surface area contributed by atoms with Gasteiger partial charge in [-0.2, -0.15) is 18.4 Å². The number of ether oxygens (including phenoxy) is 2. The summed E-state index contributed by atoms with van der Waals surface area (Å²) in [7, 11) is 1.48. The fourth-order valence-corrected chi connectivity index (χ4v) is 4.95. The van der Waals surface area contributed by atoms with Gasteiger partial charge in [-0.25, -0.2) is 9.88 Å². The van der Waals surface area contributed by atoms with Crippen LogP contribution in [0.15, 0.2) is 12.3 Å². The first-order valence-corrected chi connectivity index (χ1v) is 8.56. The maximum absolute atomic E-state index is 13.3. The molecule has 0 spiro atoms. The minimum Gasteiger partial charge on any atom is -0.378 e. The average Bonchev–Trinajstić information content (AvgIpc) is 3.14. The van der Waals surface area contributed by atoms with Gasteiger partial charge in [-0.3, -0.25) is 9.59 Å². The second-order valence-corrected chi connectivity index (χ2v) is 7.69. The molecule has 3 aliphatic heterocycles. The zero-order valence-electron chi connectivity index (χ0n) is 15.2. The maximum atomic E-state index is 13.3. The number of aromatic nitrogens is 1. The number of hydrogen-bond acceptors (Lipinski definition) is 6. The summed E-state index contributed by atoms with van der Waals surface area (Å²) < 4.78 is 51.3. The van der Waals surface area contributed by atoms with Crippen LogP contribution in [0.4, 0.5) is 18.9 Å². The van der Waals surface area contributed by atoms with E-state index < -0.39 is 58.4 Å². The number of carbonyl (C=O) groups is 2. The molecule has 5 atom stereocenters. The third-order valence-electron chi connectivity index (χ3n) is 6.09. The first-order valence-electron chi connectivity index (χ1n) is 8.56. The molecule has 148 valence electrons. The van der Waals surface area contributed by atoms with Crippen molar-refractivity contribution >= 4 is 17.5 Å². The molecule has 3 saturated heterocycles. The van der Waals surface area contributed by atoms with E-state index in [2.05, 4.69) is 4.98 Å². The number of rotatable bonds is 2. The van der Waals surface area contributed by atoms with E-state index in [-0.39, 0.29) is 5.69 Å². The lowest BCUT2D eigenvalue weighted by atomic mass is 9.67. The molecule has 28 heavy (non-hydrogen) atoms. The summed E-state index contributed by atoms with van der Waals surface area (Å²) in [5, 5.41) is 8.88. The summed E-state index contributed by atoms with van der Waals surface area (Å²) >= 11 is 0. The van der Waals surface area contributed by atoms with Gasteiger partial charge in [0.2, 0.25) is 11.8 Å². The molecular formula is C18H16F3N3O4. The molecule has 1 aromatic heterocycles. The predicted molar refractivity (Wildman–Crippen MR) is 86.7 cm³/mol. The molecule has 10 heteroatoms. The number of carbonyl (C=O) groups excluding carboxylic acids is 2. The zero-order valence-corrected chi connectivity index (χ0v) is 15.2. The van der Waals surface area contributed by atoms with Crippen molar-refractivity contribution in [1.82, 2.24) is 4.98 Å². The predicted octanol–water partition coefficient (Wildman–Crippen LogP) is 2.04.